The smallest absolute Gasteiger partial charge is 0.229 e. The lowest BCUT2D eigenvalue weighted by Crippen LogP contribution is -2.46. The molecular weight excluding hydrogens is 347 g/mol. The largest absolute Gasteiger partial charge is 0.357 e. The molecule has 1 heterocycles. The average molecular weight is 374 g/mol. The number of likely N-dealkylation sites (tertiary alicyclic amines) is 1. The molecule has 2 amide bonds. The Hall–Kier alpha value is -2.44. The Morgan fingerprint density at radius 1 is 1.22 bits per heavy atom. The molecule has 2 aliphatic rings. The number of amides is 2. The Labute approximate surface area is 159 Å². The van der Waals surface area contributed by atoms with Gasteiger partial charge >= 0.3 is 0 Å². The summed E-state index contributed by atoms with van der Waals surface area (Å²) < 4.78 is 13.5. The lowest BCUT2D eigenvalue weighted by molar-refractivity contribution is -0.147. The molecular formula is C20H27FN4O2. The second-order valence-corrected chi connectivity index (χ2v) is 7.21. The molecule has 1 aromatic carbocycles. The Morgan fingerprint density at radius 3 is 2.59 bits per heavy atom. The van der Waals surface area contributed by atoms with Gasteiger partial charge in [-0.05, 0) is 43.9 Å². The molecule has 1 aliphatic carbocycles. The lowest BCUT2D eigenvalue weighted by Gasteiger charge is -2.25. The van der Waals surface area contributed by atoms with E-state index in [2.05, 4.69) is 15.6 Å². The summed E-state index contributed by atoms with van der Waals surface area (Å²) in [5, 5.41) is 6.37. The van der Waals surface area contributed by atoms with Gasteiger partial charge in [-0.15, -0.1) is 0 Å². The maximum atomic E-state index is 13.5. The number of benzene rings is 1. The first-order chi connectivity index (χ1) is 13.0. The molecule has 0 unspecified atom stereocenters. The summed E-state index contributed by atoms with van der Waals surface area (Å²) in [6.45, 7) is 4.06. The first kappa shape index (κ1) is 19.3. The number of hydrogen-bond acceptors (Lipinski definition) is 3. The minimum atomic E-state index is -0.219. The molecule has 6 nitrogen and oxygen atoms in total. The molecule has 0 spiro atoms. The Bertz CT molecular complexity index is 714. The summed E-state index contributed by atoms with van der Waals surface area (Å²) in [5.41, 5.74) is 0.912. The standard InChI is InChI=1S/C20H27FN4O2/c1-2-22-19(23-11-12-25-17(26)7-4-8-18(25)27)24-14-20(9-10-20)15-5-3-6-16(21)13-15/h3,5-6,13H,2,4,7-12,14H2,1H3,(H2,22,23,24). The maximum Gasteiger partial charge on any atom is 0.229 e. The summed E-state index contributed by atoms with van der Waals surface area (Å²) in [6, 6.07) is 6.75. The molecule has 1 saturated carbocycles. The van der Waals surface area contributed by atoms with Crippen LogP contribution >= 0.6 is 0 Å². The second-order valence-electron chi connectivity index (χ2n) is 7.21. The van der Waals surface area contributed by atoms with E-state index in [9.17, 15) is 14.0 Å². The molecule has 0 atom stereocenters. The normalized spacial score (nSPS) is 19.2. The SMILES string of the molecule is CCNC(=NCC1(c2cccc(F)c2)CC1)NCCN1C(=O)CCCC1=O. The van der Waals surface area contributed by atoms with E-state index in [0.29, 0.717) is 51.4 Å². The van der Waals surface area contributed by atoms with Crippen molar-refractivity contribution in [2.24, 2.45) is 4.99 Å². The minimum absolute atomic E-state index is 0.0801. The number of carbonyl (C=O) groups is 2. The second kappa shape index (κ2) is 8.50. The van der Waals surface area contributed by atoms with E-state index in [-0.39, 0.29) is 23.0 Å². The Morgan fingerprint density at radius 2 is 1.96 bits per heavy atom. The zero-order valence-electron chi connectivity index (χ0n) is 15.8. The third kappa shape index (κ3) is 4.84. The molecule has 0 radical (unpaired) electrons. The Kier molecular flexibility index (Phi) is 6.08. The van der Waals surface area contributed by atoms with Gasteiger partial charge < -0.3 is 10.6 Å². The van der Waals surface area contributed by atoms with Gasteiger partial charge in [0.05, 0.1) is 6.54 Å². The van der Waals surface area contributed by atoms with Crippen molar-refractivity contribution >= 4 is 17.8 Å². The highest BCUT2D eigenvalue weighted by Crippen LogP contribution is 2.48. The zero-order chi connectivity index (χ0) is 19.3. The van der Waals surface area contributed by atoms with Crippen LogP contribution in [0.4, 0.5) is 4.39 Å². The van der Waals surface area contributed by atoms with Crippen LogP contribution in [0, 0.1) is 5.82 Å². The molecule has 3 rings (SSSR count). The number of guanidine groups is 1. The fourth-order valence-corrected chi connectivity index (χ4v) is 3.41. The van der Waals surface area contributed by atoms with Crippen LogP contribution in [0.15, 0.2) is 29.3 Å². The van der Waals surface area contributed by atoms with Gasteiger partial charge in [-0.3, -0.25) is 19.5 Å². The number of aliphatic imine (C=N–C) groups is 1. The highest BCUT2D eigenvalue weighted by atomic mass is 19.1. The van der Waals surface area contributed by atoms with Crippen molar-refractivity contribution in [3.05, 3.63) is 35.6 Å². The molecule has 0 bridgehead atoms. The number of rotatable bonds is 7. The molecule has 146 valence electrons. The summed E-state index contributed by atoms with van der Waals surface area (Å²) in [6.07, 6.45) is 3.52. The molecule has 2 fully saturated rings. The van der Waals surface area contributed by atoms with Gasteiger partial charge in [0.1, 0.15) is 5.82 Å². The highest BCUT2D eigenvalue weighted by molar-refractivity contribution is 5.97. The molecule has 0 aromatic heterocycles. The highest BCUT2D eigenvalue weighted by Gasteiger charge is 2.44. The predicted molar refractivity (Wildman–Crippen MR) is 102 cm³/mol. The van der Waals surface area contributed by atoms with Crippen LogP contribution in [0.2, 0.25) is 0 Å². The quantitative estimate of drug-likeness (QED) is 0.435. The van der Waals surface area contributed by atoms with E-state index in [0.717, 1.165) is 18.4 Å². The first-order valence-electron chi connectivity index (χ1n) is 9.65. The van der Waals surface area contributed by atoms with Gasteiger partial charge in [0.15, 0.2) is 5.96 Å². The van der Waals surface area contributed by atoms with Crippen molar-refractivity contribution in [3.8, 4) is 0 Å². The van der Waals surface area contributed by atoms with Crippen molar-refractivity contribution in [1.29, 1.82) is 0 Å². The van der Waals surface area contributed by atoms with Crippen LogP contribution in [-0.4, -0.2) is 48.9 Å². The minimum Gasteiger partial charge on any atom is -0.357 e. The Balaban J connectivity index is 1.57. The third-order valence-corrected chi connectivity index (χ3v) is 5.19. The summed E-state index contributed by atoms with van der Waals surface area (Å²) >= 11 is 0. The van der Waals surface area contributed by atoms with Crippen molar-refractivity contribution in [3.63, 3.8) is 0 Å². The molecule has 1 saturated heterocycles. The van der Waals surface area contributed by atoms with Crippen LogP contribution in [-0.2, 0) is 15.0 Å². The van der Waals surface area contributed by atoms with Crippen LogP contribution in [0.5, 0.6) is 0 Å². The summed E-state index contributed by atoms with van der Waals surface area (Å²) in [7, 11) is 0. The van der Waals surface area contributed by atoms with E-state index in [1.807, 2.05) is 13.0 Å². The molecule has 2 N–H and O–H groups in total. The number of carbonyl (C=O) groups excluding carboxylic acids is 2. The molecule has 27 heavy (non-hydrogen) atoms. The van der Waals surface area contributed by atoms with Crippen LogP contribution in [0.3, 0.4) is 0 Å². The van der Waals surface area contributed by atoms with Crippen molar-refractivity contribution < 1.29 is 14.0 Å². The molecule has 1 aromatic rings. The lowest BCUT2D eigenvalue weighted by atomic mass is 9.96. The van der Waals surface area contributed by atoms with E-state index in [4.69, 9.17) is 0 Å². The number of imide groups is 1. The van der Waals surface area contributed by atoms with E-state index in [1.165, 1.54) is 11.0 Å². The monoisotopic (exact) mass is 374 g/mol. The predicted octanol–water partition coefficient (Wildman–Crippen LogP) is 1.95. The zero-order valence-corrected chi connectivity index (χ0v) is 15.8. The van der Waals surface area contributed by atoms with Gasteiger partial charge in [-0.2, -0.15) is 0 Å². The number of nitrogens with zero attached hydrogens (tertiary/aromatic N) is 2. The van der Waals surface area contributed by atoms with Crippen molar-refractivity contribution in [2.45, 2.75) is 44.4 Å². The average Bonchev–Trinajstić information content (AvgIpc) is 3.43. The first-order valence-corrected chi connectivity index (χ1v) is 9.65. The van der Waals surface area contributed by atoms with Gasteiger partial charge in [0, 0.05) is 37.9 Å². The van der Waals surface area contributed by atoms with Crippen LogP contribution in [0.25, 0.3) is 0 Å². The van der Waals surface area contributed by atoms with Gasteiger partial charge in [-0.1, -0.05) is 12.1 Å². The van der Waals surface area contributed by atoms with E-state index < -0.39 is 0 Å². The van der Waals surface area contributed by atoms with Crippen molar-refractivity contribution in [1.82, 2.24) is 15.5 Å². The number of nitrogens with one attached hydrogen (secondary N) is 2. The summed E-state index contributed by atoms with van der Waals surface area (Å²) in [4.78, 5) is 29.7. The van der Waals surface area contributed by atoms with E-state index in [1.54, 1.807) is 12.1 Å². The third-order valence-electron chi connectivity index (χ3n) is 5.19. The maximum absolute atomic E-state index is 13.5. The van der Waals surface area contributed by atoms with Crippen LogP contribution < -0.4 is 10.6 Å². The van der Waals surface area contributed by atoms with Crippen LogP contribution in [0.1, 0.15) is 44.6 Å². The number of halogens is 1. The topological polar surface area (TPSA) is 73.8 Å². The van der Waals surface area contributed by atoms with Gasteiger partial charge in [0.25, 0.3) is 0 Å². The number of hydrogen-bond donors (Lipinski definition) is 2. The molecule has 1 aliphatic heterocycles. The number of piperidine rings is 1. The fourth-order valence-electron chi connectivity index (χ4n) is 3.41. The fraction of sp³-hybridized carbons (Fsp3) is 0.550. The molecule has 7 heteroatoms. The van der Waals surface area contributed by atoms with Gasteiger partial charge in [0.2, 0.25) is 11.8 Å². The van der Waals surface area contributed by atoms with Gasteiger partial charge in [-0.25, -0.2) is 4.39 Å². The summed E-state index contributed by atoms with van der Waals surface area (Å²) in [5.74, 6) is 0.233. The van der Waals surface area contributed by atoms with E-state index >= 15 is 0 Å². The van der Waals surface area contributed by atoms with Crippen molar-refractivity contribution in [2.75, 3.05) is 26.2 Å².